The summed E-state index contributed by atoms with van der Waals surface area (Å²) in [6.07, 6.45) is 0. The minimum absolute atomic E-state index is 0.0874. The van der Waals surface area contributed by atoms with Gasteiger partial charge in [0.15, 0.2) is 6.61 Å². The molecule has 3 amide bonds. The summed E-state index contributed by atoms with van der Waals surface area (Å²) in [4.78, 5) is 55.9. The van der Waals surface area contributed by atoms with E-state index in [4.69, 9.17) is 9.88 Å². The Morgan fingerprint density at radius 2 is 1.65 bits per heavy atom. The van der Waals surface area contributed by atoms with Crippen LogP contribution < -0.4 is 25.0 Å². The van der Waals surface area contributed by atoms with Crippen LogP contribution in [0.4, 0.5) is 15.8 Å². The predicted octanol–water partition coefficient (Wildman–Crippen LogP) is 3.04. The lowest BCUT2D eigenvalue weighted by molar-refractivity contribution is -0.122. The highest BCUT2D eigenvalue weighted by molar-refractivity contribution is 8.00. The number of amides is 3. The second kappa shape index (κ2) is 11.1. The molecular weight excluding hydrogens is 620 g/mol. The fraction of sp³-hybridized carbons (Fsp3) is 0.143. The van der Waals surface area contributed by atoms with E-state index >= 15 is 0 Å². The molecule has 4 aromatic rings. The molecule has 220 valence electrons. The third-order valence-corrected chi connectivity index (χ3v) is 10.3. The average Bonchev–Trinajstić information content (AvgIpc) is 3.46. The third-order valence-electron chi connectivity index (χ3n) is 6.98. The number of imide groups is 1. The molecule has 2 aliphatic heterocycles. The lowest BCUT2D eigenvalue weighted by Gasteiger charge is -2.29. The highest BCUT2D eigenvalue weighted by Gasteiger charge is 2.56. The van der Waals surface area contributed by atoms with Crippen LogP contribution in [-0.4, -0.2) is 43.0 Å². The monoisotopic (exact) mass is 640 g/mol. The zero-order valence-electron chi connectivity index (χ0n) is 21.9. The van der Waals surface area contributed by atoms with Crippen LogP contribution in [0.3, 0.4) is 0 Å². The molecule has 0 radical (unpaired) electrons. The minimum Gasteiger partial charge on any atom is -0.484 e. The Kier molecular flexibility index (Phi) is 7.41. The summed E-state index contributed by atoms with van der Waals surface area (Å²) in [5, 5.41) is 7.41. The van der Waals surface area contributed by atoms with Crippen molar-refractivity contribution in [1.29, 1.82) is 0 Å². The standard InChI is InChI=1S/C28H21FN4O7S3/c29-15-3-7-17(8-4-15)33-26(35)22-21(23-25(32-28(37)42-23)41-24(22)27(33)36)14-1-9-18(10-2-14)40-13-20(34)31-16-5-11-19(12-6-16)43(30,38)39/h1-12,21-22,24H,13H2,(H,31,34)(H,32,37)(H2,30,38,39). The van der Waals surface area contributed by atoms with Crippen molar-refractivity contribution in [3.63, 3.8) is 0 Å². The zero-order chi connectivity index (χ0) is 30.5. The number of sulfonamides is 1. The largest absolute Gasteiger partial charge is 0.484 e. The Bertz CT molecular complexity index is 1910. The van der Waals surface area contributed by atoms with Gasteiger partial charge >= 0.3 is 4.87 Å². The van der Waals surface area contributed by atoms with Gasteiger partial charge in [-0.15, -0.1) is 0 Å². The van der Waals surface area contributed by atoms with Crippen LogP contribution in [0.2, 0.25) is 0 Å². The van der Waals surface area contributed by atoms with Crippen molar-refractivity contribution in [2.24, 2.45) is 11.1 Å². The molecule has 0 aliphatic carbocycles. The van der Waals surface area contributed by atoms with Crippen LogP contribution in [0.25, 0.3) is 0 Å². The first kappa shape index (κ1) is 28.8. The maximum atomic E-state index is 13.7. The van der Waals surface area contributed by atoms with Crippen molar-refractivity contribution < 1.29 is 31.9 Å². The van der Waals surface area contributed by atoms with Crippen molar-refractivity contribution in [3.05, 3.63) is 98.7 Å². The van der Waals surface area contributed by atoms with Crippen molar-refractivity contribution in [2.75, 3.05) is 16.8 Å². The molecule has 4 N–H and O–H groups in total. The van der Waals surface area contributed by atoms with Crippen LogP contribution >= 0.6 is 23.1 Å². The van der Waals surface area contributed by atoms with Crippen molar-refractivity contribution in [3.8, 4) is 5.75 Å². The number of primary sulfonamides is 1. The number of hydrogen-bond acceptors (Lipinski definition) is 9. The molecule has 1 fully saturated rings. The number of nitrogens with one attached hydrogen (secondary N) is 2. The van der Waals surface area contributed by atoms with Gasteiger partial charge in [0.25, 0.3) is 5.91 Å². The smallest absolute Gasteiger partial charge is 0.305 e. The van der Waals surface area contributed by atoms with Gasteiger partial charge in [-0.05, 0) is 66.2 Å². The number of halogens is 1. The molecule has 2 aliphatic rings. The summed E-state index contributed by atoms with van der Waals surface area (Å²) in [6, 6.07) is 17.1. The van der Waals surface area contributed by atoms with Gasteiger partial charge in [-0.3, -0.25) is 19.2 Å². The highest BCUT2D eigenvalue weighted by Crippen LogP contribution is 2.53. The van der Waals surface area contributed by atoms with Crippen LogP contribution in [0, 0.1) is 11.7 Å². The fourth-order valence-electron chi connectivity index (χ4n) is 5.07. The number of H-pyrrole nitrogens is 1. The van der Waals surface area contributed by atoms with Gasteiger partial charge in [0.2, 0.25) is 21.8 Å². The van der Waals surface area contributed by atoms with Gasteiger partial charge in [0.05, 0.1) is 21.5 Å². The molecule has 0 saturated carbocycles. The molecule has 15 heteroatoms. The number of nitrogens with zero attached hydrogens (tertiary/aromatic N) is 1. The Hall–Kier alpha value is -4.31. The van der Waals surface area contributed by atoms with Gasteiger partial charge < -0.3 is 15.0 Å². The third kappa shape index (κ3) is 5.59. The number of carbonyl (C=O) groups is 3. The van der Waals surface area contributed by atoms with E-state index in [2.05, 4.69) is 10.3 Å². The van der Waals surface area contributed by atoms with Crippen LogP contribution in [-0.2, 0) is 24.4 Å². The molecule has 6 rings (SSSR count). The van der Waals surface area contributed by atoms with Gasteiger partial charge in [0, 0.05) is 16.5 Å². The van der Waals surface area contributed by atoms with E-state index in [9.17, 15) is 32.0 Å². The number of nitrogens with two attached hydrogens (primary N) is 1. The number of hydrogen-bond donors (Lipinski definition) is 3. The molecule has 3 unspecified atom stereocenters. The second-order valence-electron chi connectivity index (χ2n) is 9.71. The zero-order valence-corrected chi connectivity index (χ0v) is 24.3. The molecule has 3 heterocycles. The van der Waals surface area contributed by atoms with E-state index < -0.39 is 50.6 Å². The molecule has 3 atom stereocenters. The van der Waals surface area contributed by atoms with Gasteiger partial charge in [-0.1, -0.05) is 35.2 Å². The number of ether oxygens (including phenoxy) is 1. The summed E-state index contributed by atoms with van der Waals surface area (Å²) in [6.45, 7) is -0.343. The summed E-state index contributed by atoms with van der Waals surface area (Å²) in [5.74, 6) is -2.93. The van der Waals surface area contributed by atoms with E-state index in [1.165, 1.54) is 48.5 Å². The number of thiazole rings is 1. The Morgan fingerprint density at radius 1 is 0.977 bits per heavy atom. The Balaban J connectivity index is 1.20. The molecule has 1 saturated heterocycles. The number of fused-ring (bicyclic) bond motifs is 2. The Morgan fingerprint density at radius 3 is 2.30 bits per heavy atom. The van der Waals surface area contributed by atoms with Crippen LogP contribution in [0.1, 0.15) is 16.4 Å². The highest BCUT2D eigenvalue weighted by atomic mass is 32.2. The molecule has 3 aromatic carbocycles. The molecule has 0 spiro atoms. The van der Waals surface area contributed by atoms with Crippen molar-refractivity contribution >= 4 is 62.2 Å². The van der Waals surface area contributed by atoms with Crippen molar-refractivity contribution in [2.45, 2.75) is 21.1 Å². The molecule has 43 heavy (non-hydrogen) atoms. The van der Waals surface area contributed by atoms with E-state index in [-0.39, 0.29) is 22.1 Å². The van der Waals surface area contributed by atoms with E-state index in [1.54, 1.807) is 24.3 Å². The van der Waals surface area contributed by atoms with E-state index in [0.29, 0.717) is 26.9 Å². The molecule has 0 bridgehead atoms. The number of anilines is 2. The van der Waals surface area contributed by atoms with Crippen LogP contribution in [0.15, 0.2) is 87.5 Å². The van der Waals surface area contributed by atoms with Gasteiger partial charge in [0.1, 0.15) is 16.8 Å². The predicted molar refractivity (Wildman–Crippen MR) is 157 cm³/mol. The summed E-state index contributed by atoms with van der Waals surface area (Å²) in [7, 11) is -3.85. The number of rotatable bonds is 7. The quantitative estimate of drug-likeness (QED) is 0.259. The number of aromatic amines is 1. The number of thioether (sulfide) groups is 1. The topological polar surface area (TPSA) is 169 Å². The van der Waals surface area contributed by atoms with E-state index in [0.717, 1.165) is 28.0 Å². The lowest BCUT2D eigenvalue weighted by atomic mass is 9.83. The summed E-state index contributed by atoms with van der Waals surface area (Å²) in [5.41, 5.74) is 1.29. The second-order valence-corrected chi connectivity index (χ2v) is 13.4. The lowest BCUT2D eigenvalue weighted by Crippen LogP contribution is -2.32. The van der Waals surface area contributed by atoms with Gasteiger partial charge in [-0.25, -0.2) is 22.8 Å². The SMILES string of the molecule is NS(=O)(=O)c1ccc(NC(=O)COc2ccc(C3c4sc(=O)[nH]c4SC4C(=O)N(c5ccc(F)cc5)C(=O)C43)cc2)cc1. The summed E-state index contributed by atoms with van der Waals surface area (Å²) >= 11 is 2.12. The van der Waals surface area contributed by atoms with Gasteiger partial charge in [-0.2, -0.15) is 0 Å². The number of carbonyl (C=O) groups excluding carboxylic acids is 3. The first-order chi connectivity index (χ1) is 20.5. The Labute approximate surface area is 251 Å². The maximum absolute atomic E-state index is 13.7. The van der Waals surface area contributed by atoms with E-state index in [1.807, 2.05) is 0 Å². The average molecular weight is 641 g/mol. The minimum atomic E-state index is -3.85. The first-order valence-electron chi connectivity index (χ1n) is 12.7. The normalized spacial score (nSPS) is 19.6. The molecule has 1 aromatic heterocycles. The number of aromatic nitrogens is 1. The number of benzene rings is 3. The molecule has 11 nitrogen and oxygen atoms in total. The maximum Gasteiger partial charge on any atom is 0.305 e. The van der Waals surface area contributed by atoms with Crippen molar-refractivity contribution in [1.82, 2.24) is 4.98 Å². The van der Waals surface area contributed by atoms with Crippen LogP contribution in [0.5, 0.6) is 5.75 Å². The first-order valence-corrected chi connectivity index (χ1v) is 15.9. The fourth-order valence-corrected chi connectivity index (χ4v) is 8.10. The summed E-state index contributed by atoms with van der Waals surface area (Å²) < 4.78 is 41.9. The molecular formula is C28H21FN4O7S3.